The summed E-state index contributed by atoms with van der Waals surface area (Å²) in [6.45, 7) is 1.81. The normalized spacial score (nSPS) is 16.5. The van der Waals surface area contributed by atoms with Crippen LogP contribution < -0.4 is 10.8 Å². The maximum Gasteiger partial charge on any atom is 0.247 e. The van der Waals surface area contributed by atoms with E-state index in [-0.39, 0.29) is 24.2 Å². The van der Waals surface area contributed by atoms with Crippen molar-refractivity contribution in [3.8, 4) is 0 Å². The van der Waals surface area contributed by atoms with E-state index in [0.717, 1.165) is 25.9 Å². The van der Waals surface area contributed by atoms with Gasteiger partial charge < -0.3 is 5.32 Å². The molecular formula is C13H17FN2O2. The molecule has 1 amide bonds. The molecule has 1 aromatic carbocycles. The van der Waals surface area contributed by atoms with Crippen molar-refractivity contribution in [1.82, 2.24) is 10.8 Å². The van der Waals surface area contributed by atoms with Gasteiger partial charge in [0, 0.05) is 0 Å². The molecule has 1 aliphatic rings. The highest BCUT2D eigenvalue weighted by atomic mass is 19.1. The van der Waals surface area contributed by atoms with E-state index in [4.69, 9.17) is 4.84 Å². The van der Waals surface area contributed by atoms with Crippen LogP contribution >= 0.6 is 0 Å². The first kappa shape index (κ1) is 13.0. The van der Waals surface area contributed by atoms with E-state index in [1.165, 1.54) is 12.1 Å². The zero-order valence-corrected chi connectivity index (χ0v) is 10.1. The molecule has 5 heteroatoms. The second-order valence-electron chi connectivity index (χ2n) is 4.40. The first-order valence-electron chi connectivity index (χ1n) is 6.14. The highest BCUT2D eigenvalue weighted by Gasteiger charge is 2.15. The predicted octanol–water partition coefficient (Wildman–Crippen LogP) is 1.17. The molecular weight excluding hydrogens is 235 g/mol. The van der Waals surface area contributed by atoms with Gasteiger partial charge in [-0.2, -0.15) is 0 Å². The Hall–Kier alpha value is -1.46. The van der Waals surface area contributed by atoms with Gasteiger partial charge in [-0.3, -0.25) is 9.63 Å². The molecule has 0 atom stereocenters. The summed E-state index contributed by atoms with van der Waals surface area (Å²) in [6.07, 6.45) is 1.98. The second-order valence-corrected chi connectivity index (χ2v) is 4.40. The van der Waals surface area contributed by atoms with E-state index in [1.807, 2.05) is 0 Å². The molecule has 0 aromatic heterocycles. The molecule has 0 saturated carbocycles. The van der Waals surface area contributed by atoms with E-state index in [2.05, 4.69) is 10.8 Å². The van der Waals surface area contributed by atoms with Crippen molar-refractivity contribution in [2.45, 2.75) is 25.4 Å². The summed E-state index contributed by atoms with van der Waals surface area (Å²) < 4.78 is 12.9. The molecule has 4 nitrogen and oxygen atoms in total. The lowest BCUT2D eigenvalue weighted by Crippen LogP contribution is -2.37. The van der Waals surface area contributed by atoms with Gasteiger partial charge in [0.25, 0.3) is 0 Å². The van der Waals surface area contributed by atoms with E-state index >= 15 is 0 Å². The molecule has 0 unspecified atom stereocenters. The van der Waals surface area contributed by atoms with Gasteiger partial charge in [-0.15, -0.1) is 0 Å². The van der Waals surface area contributed by atoms with Crippen molar-refractivity contribution < 1.29 is 14.0 Å². The summed E-state index contributed by atoms with van der Waals surface area (Å²) in [5, 5.41) is 3.21. The Morgan fingerprint density at radius 2 is 2.22 bits per heavy atom. The Morgan fingerprint density at radius 3 is 2.94 bits per heavy atom. The number of hydrogen-bond acceptors (Lipinski definition) is 3. The van der Waals surface area contributed by atoms with Crippen LogP contribution in [0.1, 0.15) is 18.4 Å². The van der Waals surface area contributed by atoms with Crippen LogP contribution in [0.15, 0.2) is 24.3 Å². The van der Waals surface area contributed by atoms with Crippen LogP contribution in [-0.4, -0.2) is 25.1 Å². The summed E-state index contributed by atoms with van der Waals surface area (Å²) in [6, 6.07) is 6.01. The number of benzene rings is 1. The third kappa shape index (κ3) is 4.09. The van der Waals surface area contributed by atoms with Gasteiger partial charge in [0.05, 0.1) is 12.5 Å². The number of carbonyl (C=O) groups is 1. The fourth-order valence-electron chi connectivity index (χ4n) is 1.93. The van der Waals surface area contributed by atoms with Gasteiger partial charge in [-0.1, -0.05) is 12.1 Å². The molecule has 0 radical (unpaired) electrons. The number of piperidine rings is 1. The number of hydrogen-bond donors (Lipinski definition) is 2. The molecule has 2 N–H and O–H groups in total. The second kappa shape index (κ2) is 6.47. The predicted molar refractivity (Wildman–Crippen MR) is 65.2 cm³/mol. The number of hydroxylamine groups is 1. The molecule has 1 fully saturated rings. The molecule has 18 heavy (non-hydrogen) atoms. The minimum atomic E-state index is -0.334. The van der Waals surface area contributed by atoms with E-state index in [1.54, 1.807) is 12.1 Å². The standard InChI is InChI=1S/C13H17FN2O2/c14-11-3-1-2-10(8-11)9-13(17)16-18-12-4-6-15-7-5-12/h1-3,8,12,15H,4-7,9H2,(H,16,17). The van der Waals surface area contributed by atoms with Crippen LogP contribution in [0.4, 0.5) is 4.39 Å². The number of carbonyl (C=O) groups excluding carboxylic acids is 1. The fraction of sp³-hybridized carbons (Fsp3) is 0.462. The van der Waals surface area contributed by atoms with Crippen LogP contribution in [0.3, 0.4) is 0 Å². The number of halogens is 1. The van der Waals surface area contributed by atoms with Gasteiger partial charge in [-0.05, 0) is 43.6 Å². The SMILES string of the molecule is O=C(Cc1cccc(F)c1)NOC1CCNCC1. The lowest BCUT2D eigenvalue weighted by Gasteiger charge is -2.22. The Kier molecular flexibility index (Phi) is 4.66. The topological polar surface area (TPSA) is 50.4 Å². The molecule has 1 aromatic rings. The van der Waals surface area contributed by atoms with Crippen molar-refractivity contribution in [3.63, 3.8) is 0 Å². The summed E-state index contributed by atoms with van der Waals surface area (Å²) >= 11 is 0. The molecule has 1 aliphatic heterocycles. The molecule has 0 bridgehead atoms. The largest absolute Gasteiger partial charge is 0.317 e. The number of nitrogens with one attached hydrogen (secondary N) is 2. The molecule has 1 heterocycles. The van der Waals surface area contributed by atoms with Crippen molar-refractivity contribution in [2.24, 2.45) is 0 Å². The molecule has 98 valence electrons. The average Bonchev–Trinajstić information content (AvgIpc) is 2.38. The Balaban J connectivity index is 1.74. The lowest BCUT2D eigenvalue weighted by atomic mass is 10.1. The van der Waals surface area contributed by atoms with Gasteiger partial charge in [0.15, 0.2) is 0 Å². The third-order valence-electron chi connectivity index (χ3n) is 2.88. The van der Waals surface area contributed by atoms with Gasteiger partial charge >= 0.3 is 0 Å². The minimum absolute atomic E-state index is 0.0720. The Labute approximate surface area is 105 Å². The summed E-state index contributed by atoms with van der Waals surface area (Å²) in [5.74, 6) is -0.585. The quantitative estimate of drug-likeness (QED) is 0.791. The smallest absolute Gasteiger partial charge is 0.247 e. The highest BCUT2D eigenvalue weighted by molar-refractivity contribution is 5.77. The molecule has 0 spiro atoms. The monoisotopic (exact) mass is 252 g/mol. The lowest BCUT2D eigenvalue weighted by molar-refractivity contribution is -0.139. The van der Waals surface area contributed by atoms with Crippen LogP contribution in [0.25, 0.3) is 0 Å². The van der Waals surface area contributed by atoms with Crippen LogP contribution in [-0.2, 0) is 16.1 Å². The summed E-state index contributed by atoms with van der Waals surface area (Å²) in [4.78, 5) is 16.9. The van der Waals surface area contributed by atoms with E-state index < -0.39 is 0 Å². The first-order valence-corrected chi connectivity index (χ1v) is 6.14. The maximum atomic E-state index is 12.9. The zero-order valence-electron chi connectivity index (χ0n) is 10.1. The molecule has 0 aliphatic carbocycles. The van der Waals surface area contributed by atoms with Crippen molar-refractivity contribution in [2.75, 3.05) is 13.1 Å². The highest BCUT2D eigenvalue weighted by Crippen LogP contribution is 2.06. The van der Waals surface area contributed by atoms with Crippen molar-refractivity contribution in [3.05, 3.63) is 35.6 Å². The van der Waals surface area contributed by atoms with Crippen molar-refractivity contribution >= 4 is 5.91 Å². The van der Waals surface area contributed by atoms with Gasteiger partial charge in [0.2, 0.25) is 5.91 Å². The first-order chi connectivity index (χ1) is 8.74. The fourth-order valence-corrected chi connectivity index (χ4v) is 1.93. The van der Waals surface area contributed by atoms with Crippen LogP contribution in [0.2, 0.25) is 0 Å². The summed E-state index contributed by atoms with van der Waals surface area (Å²) in [5.41, 5.74) is 3.07. The Bertz CT molecular complexity index is 406. The average molecular weight is 252 g/mol. The van der Waals surface area contributed by atoms with Gasteiger partial charge in [0.1, 0.15) is 5.82 Å². The molecule has 2 rings (SSSR count). The van der Waals surface area contributed by atoms with Gasteiger partial charge in [-0.25, -0.2) is 9.87 Å². The van der Waals surface area contributed by atoms with Crippen LogP contribution in [0, 0.1) is 5.82 Å². The minimum Gasteiger partial charge on any atom is -0.317 e. The van der Waals surface area contributed by atoms with E-state index in [9.17, 15) is 9.18 Å². The molecule has 1 saturated heterocycles. The number of rotatable bonds is 4. The van der Waals surface area contributed by atoms with Crippen LogP contribution in [0.5, 0.6) is 0 Å². The maximum absolute atomic E-state index is 12.9. The number of amides is 1. The third-order valence-corrected chi connectivity index (χ3v) is 2.88. The zero-order chi connectivity index (χ0) is 12.8. The van der Waals surface area contributed by atoms with Crippen molar-refractivity contribution in [1.29, 1.82) is 0 Å². The summed E-state index contributed by atoms with van der Waals surface area (Å²) in [7, 11) is 0. The van der Waals surface area contributed by atoms with E-state index in [0.29, 0.717) is 5.56 Å². The Morgan fingerprint density at radius 1 is 1.44 bits per heavy atom.